The molecule has 0 aromatic heterocycles. The number of nitro benzene ring substituents is 2. The minimum atomic E-state index is -0.877. The summed E-state index contributed by atoms with van der Waals surface area (Å²) in [7, 11) is 0. The van der Waals surface area contributed by atoms with E-state index in [1.54, 1.807) is 0 Å². The lowest BCUT2D eigenvalue weighted by molar-refractivity contribution is -0.394. The number of unbranched alkanes of at least 4 members (excludes halogenated alkanes) is 14. The van der Waals surface area contributed by atoms with E-state index in [1.807, 2.05) is 0 Å². The van der Waals surface area contributed by atoms with Crippen LogP contribution in [-0.4, -0.2) is 21.7 Å². The number of non-ortho nitro benzene ring substituents is 2. The van der Waals surface area contributed by atoms with E-state index in [0.717, 1.165) is 37.5 Å². The molecular formula is C25H39N3O6. The van der Waals surface area contributed by atoms with Crippen LogP contribution in [0.5, 0.6) is 0 Å². The standard InChI is InChI=1S/C25H39N3O6/c1-2-3-4-5-6-7-8-9-10-11-12-13-14-15-16-17-24(29)26-25(30)21-18-22(27(31)32)20-23(19-21)28(33)34/h18-20H,2-17H2,1H3,(H,26,29,30). The van der Waals surface area contributed by atoms with Crippen LogP contribution in [0.4, 0.5) is 11.4 Å². The second-order valence-electron chi connectivity index (χ2n) is 8.83. The van der Waals surface area contributed by atoms with Crippen molar-refractivity contribution < 1.29 is 19.4 Å². The van der Waals surface area contributed by atoms with Crippen molar-refractivity contribution in [1.29, 1.82) is 0 Å². The zero-order valence-electron chi connectivity index (χ0n) is 20.4. The second kappa shape index (κ2) is 17.6. The molecule has 0 atom stereocenters. The molecule has 190 valence electrons. The minimum Gasteiger partial charge on any atom is -0.292 e. The molecule has 2 amide bonds. The van der Waals surface area contributed by atoms with Gasteiger partial charge < -0.3 is 0 Å². The van der Waals surface area contributed by atoms with Crippen molar-refractivity contribution in [1.82, 2.24) is 5.32 Å². The molecule has 9 heteroatoms. The molecule has 0 spiro atoms. The van der Waals surface area contributed by atoms with Gasteiger partial charge in [-0.2, -0.15) is 0 Å². The third kappa shape index (κ3) is 13.0. The number of hydrogen-bond acceptors (Lipinski definition) is 6. The largest absolute Gasteiger partial charge is 0.292 e. The Kier molecular flexibility index (Phi) is 15.1. The first-order valence-electron chi connectivity index (χ1n) is 12.6. The maximum atomic E-state index is 12.2. The number of benzene rings is 1. The van der Waals surface area contributed by atoms with Crippen molar-refractivity contribution in [2.24, 2.45) is 0 Å². The Balaban J connectivity index is 2.12. The lowest BCUT2D eigenvalue weighted by Crippen LogP contribution is -2.30. The van der Waals surface area contributed by atoms with Crippen LogP contribution in [0.15, 0.2) is 18.2 Å². The van der Waals surface area contributed by atoms with Crippen LogP contribution in [0.3, 0.4) is 0 Å². The quantitative estimate of drug-likeness (QED) is 0.129. The number of nitro groups is 2. The second-order valence-corrected chi connectivity index (χ2v) is 8.83. The van der Waals surface area contributed by atoms with E-state index >= 15 is 0 Å². The van der Waals surface area contributed by atoms with Gasteiger partial charge in [-0.1, -0.05) is 96.8 Å². The summed E-state index contributed by atoms with van der Waals surface area (Å²) in [6, 6.07) is 2.61. The molecule has 0 saturated carbocycles. The van der Waals surface area contributed by atoms with Gasteiger partial charge in [0, 0.05) is 18.6 Å². The fourth-order valence-electron chi connectivity index (χ4n) is 3.86. The summed E-state index contributed by atoms with van der Waals surface area (Å²) in [5.41, 5.74) is -1.44. The third-order valence-electron chi connectivity index (χ3n) is 5.85. The fourth-order valence-corrected chi connectivity index (χ4v) is 3.86. The first-order valence-corrected chi connectivity index (χ1v) is 12.6. The predicted molar refractivity (Wildman–Crippen MR) is 132 cm³/mol. The number of nitrogens with zero attached hydrogens (tertiary/aromatic N) is 2. The van der Waals surface area contributed by atoms with Crippen LogP contribution in [0, 0.1) is 20.2 Å². The molecule has 34 heavy (non-hydrogen) atoms. The molecule has 0 saturated heterocycles. The molecule has 1 N–H and O–H groups in total. The van der Waals surface area contributed by atoms with Gasteiger partial charge in [-0.25, -0.2) is 0 Å². The Hall–Kier alpha value is -2.84. The van der Waals surface area contributed by atoms with Gasteiger partial charge in [0.15, 0.2) is 0 Å². The predicted octanol–water partition coefficient (Wildman–Crippen LogP) is 7.02. The van der Waals surface area contributed by atoms with E-state index < -0.39 is 33.0 Å². The number of amides is 2. The van der Waals surface area contributed by atoms with Crippen LogP contribution >= 0.6 is 0 Å². The normalized spacial score (nSPS) is 10.7. The summed E-state index contributed by atoms with van der Waals surface area (Å²) in [6.45, 7) is 2.24. The number of rotatable bonds is 19. The first kappa shape index (κ1) is 29.2. The monoisotopic (exact) mass is 477 g/mol. The van der Waals surface area contributed by atoms with Gasteiger partial charge in [0.1, 0.15) is 0 Å². The van der Waals surface area contributed by atoms with E-state index in [4.69, 9.17) is 0 Å². The molecule has 0 aliphatic carbocycles. The Labute approximate surface area is 202 Å². The summed E-state index contributed by atoms with van der Waals surface area (Å²) in [4.78, 5) is 44.4. The van der Waals surface area contributed by atoms with Crippen LogP contribution in [0.2, 0.25) is 0 Å². The van der Waals surface area contributed by atoms with Crippen molar-refractivity contribution in [3.05, 3.63) is 44.0 Å². The van der Waals surface area contributed by atoms with E-state index in [0.29, 0.717) is 6.42 Å². The number of carbonyl (C=O) groups excluding carboxylic acids is 2. The average Bonchev–Trinajstić information content (AvgIpc) is 2.81. The van der Waals surface area contributed by atoms with Crippen LogP contribution in [0.1, 0.15) is 120 Å². The maximum Gasteiger partial charge on any atom is 0.277 e. The lowest BCUT2D eigenvalue weighted by atomic mass is 10.0. The van der Waals surface area contributed by atoms with Crippen molar-refractivity contribution >= 4 is 23.2 Å². The van der Waals surface area contributed by atoms with Crippen molar-refractivity contribution in [3.8, 4) is 0 Å². The van der Waals surface area contributed by atoms with Gasteiger partial charge in [-0.05, 0) is 6.42 Å². The lowest BCUT2D eigenvalue weighted by Gasteiger charge is -2.05. The Morgan fingerprint density at radius 1 is 0.676 bits per heavy atom. The van der Waals surface area contributed by atoms with E-state index in [9.17, 15) is 29.8 Å². The van der Waals surface area contributed by atoms with Crippen LogP contribution < -0.4 is 5.32 Å². The van der Waals surface area contributed by atoms with E-state index in [-0.39, 0.29) is 12.0 Å². The summed E-state index contributed by atoms with van der Waals surface area (Å²) >= 11 is 0. The average molecular weight is 478 g/mol. The van der Waals surface area contributed by atoms with Gasteiger partial charge in [0.25, 0.3) is 17.3 Å². The van der Waals surface area contributed by atoms with Crippen molar-refractivity contribution in [3.63, 3.8) is 0 Å². The smallest absolute Gasteiger partial charge is 0.277 e. The van der Waals surface area contributed by atoms with Crippen LogP contribution in [-0.2, 0) is 4.79 Å². The Bertz CT molecular complexity index is 765. The molecular weight excluding hydrogens is 438 g/mol. The number of nitrogens with one attached hydrogen (secondary N) is 1. The van der Waals surface area contributed by atoms with Gasteiger partial charge >= 0.3 is 0 Å². The molecule has 0 radical (unpaired) electrons. The highest BCUT2D eigenvalue weighted by molar-refractivity contribution is 6.05. The minimum absolute atomic E-state index is 0.168. The highest BCUT2D eigenvalue weighted by Crippen LogP contribution is 2.22. The molecule has 1 rings (SSSR count). The zero-order chi connectivity index (χ0) is 25.2. The third-order valence-corrected chi connectivity index (χ3v) is 5.85. The van der Waals surface area contributed by atoms with E-state index in [1.165, 1.54) is 70.6 Å². The van der Waals surface area contributed by atoms with E-state index in [2.05, 4.69) is 12.2 Å². The Morgan fingerprint density at radius 3 is 1.44 bits per heavy atom. The SMILES string of the molecule is CCCCCCCCCCCCCCCCCC(=O)NC(=O)c1cc([N+](=O)[O-])cc([N+](=O)[O-])c1. The van der Waals surface area contributed by atoms with Gasteiger partial charge in [-0.3, -0.25) is 35.1 Å². The zero-order valence-corrected chi connectivity index (χ0v) is 20.4. The summed E-state index contributed by atoms with van der Waals surface area (Å²) < 4.78 is 0. The molecule has 0 bridgehead atoms. The topological polar surface area (TPSA) is 132 Å². The molecule has 1 aromatic carbocycles. The molecule has 0 aliphatic rings. The van der Waals surface area contributed by atoms with Crippen LogP contribution in [0.25, 0.3) is 0 Å². The summed E-state index contributed by atoms with van der Waals surface area (Å²) in [5, 5.41) is 24.0. The molecule has 1 aromatic rings. The van der Waals surface area contributed by atoms with Crippen molar-refractivity contribution in [2.75, 3.05) is 0 Å². The Morgan fingerprint density at radius 2 is 1.06 bits per heavy atom. The molecule has 0 unspecified atom stereocenters. The highest BCUT2D eigenvalue weighted by Gasteiger charge is 2.20. The maximum absolute atomic E-state index is 12.2. The molecule has 0 fully saturated rings. The van der Waals surface area contributed by atoms with Gasteiger partial charge in [0.05, 0.1) is 21.5 Å². The van der Waals surface area contributed by atoms with Crippen molar-refractivity contribution in [2.45, 2.75) is 110 Å². The van der Waals surface area contributed by atoms with Gasteiger partial charge in [-0.15, -0.1) is 0 Å². The first-order chi connectivity index (χ1) is 16.3. The molecule has 9 nitrogen and oxygen atoms in total. The number of imide groups is 1. The summed E-state index contributed by atoms with van der Waals surface area (Å²) in [5.74, 6) is -1.37. The highest BCUT2D eigenvalue weighted by atomic mass is 16.6. The van der Waals surface area contributed by atoms with Gasteiger partial charge in [0.2, 0.25) is 5.91 Å². The fraction of sp³-hybridized carbons (Fsp3) is 0.680. The molecule has 0 heterocycles. The number of carbonyl (C=O) groups is 2. The molecule has 0 aliphatic heterocycles. The summed E-state index contributed by atoms with van der Waals surface area (Å²) in [6.07, 6.45) is 18.4. The number of hydrogen-bond donors (Lipinski definition) is 1.